The van der Waals surface area contributed by atoms with Gasteiger partial charge in [0.15, 0.2) is 17.7 Å². The number of hydrogen-bond acceptors (Lipinski definition) is 5. The van der Waals surface area contributed by atoms with Crippen LogP contribution in [0.25, 0.3) is 0 Å². The van der Waals surface area contributed by atoms with Crippen LogP contribution in [0, 0.1) is 33.5 Å². The van der Waals surface area contributed by atoms with Crippen LogP contribution in [0.5, 0.6) is 0 Å². The summed E-state index contributed by atoms with van der Waals surface area (Å²) in [4.78, 5) is 39.4. The van der Waals surface area contributed by atoms with Crippen molar-refractivity contribution in [2.75, 3.05) is 0 Å². The summed E-state index contributed by atoms with van der Waals surface area (Å²) in [5.74, 6) is -0.799. The second kappa shape index (κ2) is 6.80. The molecule has 0 N–H and O–H groups in total. The summed E-state index contributed by atoms with van der Waals surface area (Å²) in [7, 11) is 0. The van der Waals surface area contributed by atoms with Gasteiger partial charge in [-0.3, -0.25) is 14.4 Å². The van der Waals surface area contributed by atoms with Crippen LogP contribution < -0.4 is 0 Å². The van der Waals surface area contributed by atoms with Gasteiger partial charge >= 0.3 is 5.97 Å². The molecule has 2 fully saturated rings. The van der Waals surface area contributed by atoms with Gasteiger partial charge in [-0.15, -0.1) is 0 Å². The van der Waals surface area contributed by atoms with E-state index in [9.17, 15) is 14.4 Å². The number of ketones is 2. The first-order valence-electron chi connectivity index (χ1n) is 12.1. The molecule has 4 aliphatic carbocycles. The Morgan fingerprint density at radius 1 is 1.15 bits per heavy atom. The Bertz CT molecular complexity index is 1090. The number of hydrogen-bond donors (Lipinski definition) is 0. The highest BCUT2D eigenvalue weighted by Gasteiger charge is 2.71. The summed E-state index contributed by atoms with van der Waals surface area (Å²) in [5, 5.41) is 0. The van der Waals surface area contributed by atoms with Gasteiger partial charge in [0, 0.05) is 29.1 Å². The number of fused-ring (bicyclic) bond motifs is 5. The molecule has 0 bridgehead atoms. The summed E-state index contributed by atoms with van der Waals surface area (Å²) in [5.41, 5.74) is 0.270. The van der Waals surface area contributed by atoms with E-state index in [0.717, 1.165) is 19.3 Å². The highest BCUT2D eigenvalue weighted by Crippen LogP contribution is 2.72. The van der Waals surface area contributed by atoms with Crippen molar-refractivity contribution < 1.29 is 23.5 Å². The first-order chi connectivity index (χ1) is 15.4. The van der Waals surface area contributed by atoms with Crippen LogP contribution in [0.1, 0.15) is 72.3 Å². The fraction of sp³-hybridized carbons (Fsp3) is 0.607. The van der Waals surface area contributed by atoms with E-state index < -0.39 is 34.2 Å². The first-order valence-corrected chi connectivity index (χ1v) is 12.1. The Balaban J connectivity index is 1.69. The van der Waals surface area contributed by atoms with Gasteiger partial charge in [0.1, 0.15) is 0 Å². The van der Waals surface area contributed by atoms with Gasteiger partial charge in [-0.05, 0) is 54.2 Å². The average Bonchev–Trinajstić information content (AvgIpc) is 3.36. The normalized spacial score (nSPS) is 43.4. The zero-order chi connectivity index (χ0) is 24.0. The molecule has 5 heteroatoms. The highest BCUT2D eigenvalue weighted by molar-refractivity contribution is 6.03. The van der Waals surface area contributed by atoms with E-state index in [0.29, 0.717) is 0 Å². The van der Waals surface area contributed by atoms with Gasteiger partial charge < -0.3 is 9.15 Å². The van der Waals surface area contributed by atoms with Crippen LogP contribution in [-0.4, -0.2) is 23.6 Å². The monoisotopic (exact) mass is 450 g/mol. The number of furan rings is 1. The molecule has 5 nitrogen and oxygen atoms in total. The Kier molecular flexibility index (Phi) is 4.61. The zero-order valence-electron chi connectivity index (χ0n) is 20.4. The topological polar surface area (TPSA) is 73.6 Å². The predicted molar refractivity (Wildman–Crippen MR) is 123 cm³/mol. The molecule has 5 rings (SSSR count). The van der Waals surface area contributed by atoms with E-state index in [4.69, 9.17) is 9.15 Å². The lowest BCUT2D eigenvalue weighted by molar-refractivity contribution is -0.191. The molecule has 176 valence electrons. The Morgan fingerprint density at radius 3 is 2.52 bits per heavy atom. The predicted octanol–water partition coefficient (Wildman–Crippen LogP) is 5.42. The van der Waals surface area contributed by atoms with Gasteiger partial charge in [0.2, 0.25) is 0 Å². The molecule has 0 saturated heterocycles. The number of ether oxygens (including phenoxy) is 1. The molecule has 4 aliphatic rings. The van der Waals surface area contributed by atoms with Crippen molar-refractivity contribution in [3.63, 3.8) is 0 Å². The summed E-state index contributed by atoms with van der Waals surface area (Å²) >= 11 is 0. The summed E-state index contributed by atoms with van der Waals surface area (Å²) in [6.45, 7) is 11.7. The maximum atomic E-state index is 14.2. The van der Waals surface area contributed by atoms with E-state index >= 15 is 0 Å². The van der Waals surface area contributed by atoms with Crippen molar-refractivity contribution in [2.24, 2.45) is 33.5 Å². The van der Waals surface area contributed by atoms with Gasteiger partial charge in [0.05, 0.1) is 12.5 Å². The van der Waals surface area contributed by atoms with E-state index in [1.54, 1.807) is 12.3 Å². The Hall–Kier alpha value is -2.43. The maximum Gasteiger partial charge on any atom is 0.303 e. The largest absolute Gasteiger partial charge is 0.472 e. The van der Waals surface area contributed by atoms with Crippen molar-refractivity contribution in [3.05, 3.63) is 48.0 Å². The molecule has 33 heavy (non-hydrogen) atoms. The maximum absolute atomic E-state index is 14.2. The fourth-order valence-corrected chi connectivity index (χ4v) is 8.51. The molecule has 0 spiro atoms. The van der Waals surface area contributed by atoms with Crippen LogP contribution in [0.2, 0.25) is 0 Å². The van der Waals surface area contributed by atoms with E-state index in [2.05, 4.69) is 26.8 Å². The van der Waals surface area contributed by atoms with E-state index in [1.165, 1.54) is 18.1 Å². The molecule has 1 heterocycles. The van der Waals surface area contributed by atoms with Crippen LogP contribution in [0.4, 0.5) is 0 Å². The van der Waals surface area contributed by atoms with Crippen LogP contribution in [0.3, 0.4) is 0 Å². The van der Waals surface area contributed by atoms with Gasteiger partial charge in [0.25, 0.3) is 0 Å². The molecule has 0 aromatic carbocycles. The molecule has 2 saturated carbocycles. The van der Waals surface area contributed by atoms with Crippen molar-refractivity contribution in [3.8, 4) is 0 Å². The van der Waals surface area contributed by atoms with Crippen LogP contribution in [-0.2, 0) is 19.1 Å². The quantitative estimate of drug-likeness (QED) is 0.444. The molecule has 0 aliphatic heterocycles. The smallest absolute Gasteiger partial charge is 0.303 e. The summed E-state index contributed by atoms with van der Waals surface area (Å²) in [6.07, 6.45) is 11.3. The van der Waals surface area contributed by atoms with Crippen molar-refractivity contribution in [1.29, 1.82) is 0 Å². The fourth-order valence-electron chi connectivity index (χ4n) is 8.51. The third-order valence-corrected chi connectivity index (χ3v) is 9.84. The lowest BCUT2D eigenvalue weighted by Crippen LogP contribution is -2.68. The minimum atomic E-state index is -0.898. The van der Waals surface area contributed by atoms with Crippen molar-refractivity contribution in [2.45, 2.75) is 72.8 Å². The minimum Gasteiger partial charge on any atom is -0.472 e. The lowest BCUT2D eigenvalue weighted by atomic mass is 9.38. The first kappa shape index (κ1) is 22.4. The Morgan fingerprint density at radius 2 is 1.88 bits per heavy atom. The van der Waals surface area contributed by atoms with Gasteiger partial charge in [-0.1, -0.05) is 52.3 Å². The van der Waals surface area contributed by atoms with Crippen molar-refractivity contribution in [1.82, 2.24) is 0 Å². The minimum absolute atomic E-state index is 0.0377. The number of Topliss-reactive ketones (excluding diaryl/α,β-unsaturated/α-hetero) is 1. The number of allylic oxidation sites excluding steroid dienone is 3. The summed E-state index contributed by atoms with van der Waals surface area (Å²) in [6, 6.07) is 2.03. The standard InChI is InChI=1S/C28H34O5/c1-16(29)33-24-22(31)23-25(2,3)21(30)10-13-27(23,5)20-9-12-26(4)18(17-11-14-32-15-17)7-8-19(26)28(20,24)6/h8,10-11,13-15,18,20,23-24H,7,9,12H2,1-6H3/t18-,20+,23-,24+,26-,27+,28-/m0/s1. The lowest BCUT2D eigenvalue weighted by Gasteiger charge is -2.65. The molecule has 0 unspecified atom stereocenters. The van der Waals surface area contributed by atoms with Crippen LogP contribution in [0.15, 0.2) is 46.8 Å². The highest BCUT2D eigenvalue weighted by atomic mass is 16.5. The molecule has 0 amide bonds. The third kappa shape index (κ3) is 2.68. The number of rotatable bonds is 2. The zero-order valence-corrected chi connectivity index (χ0v) is 20.4. The van der Waals surface area contributed by atoms with Gasteiger partial charge in [-0.25, -0.2) is 0 Å². The Labute approximate surface area is 195 Å². The molecule has 1 aromatic heterocycles. The van der Waals surface area contributed by atoms with Gasteiger partial charge in [-0.2, -0.15) is 0 Å². The van der Waals surface area contributed by atoms with Crippen molar-refractivity contribution >= 4 is 17.5 Å². The molecule has 0 radical (unpaired) electrons. The molecular formula is C28H34O5. The van der Waals surface area contributed by atoms with Crippen LogP contribution >= 0.6 is 0 Å². The number of carbonyl (C=O) groups excluding carboxylic acids is 3. The number of carbonyl (C=O) groups is 3. The SMILES string of the molecule is CC(=O)O[C@@H]1C(=O)[C@H]2C(C)(C)C(=O)C=C[C@]2(C)[C@H]2CC[C@]3(C)C(=CC[C@H]3c3ccoc3)[C@]12C. The van der Waals surface area contributed by atoms with E-state index in [-0.39, 0.29) is 28.8 Å². The second-order valence-electron chi connectivity index (χ2n) is 11.9. The second-order valence-corrected chi connectivity index (χ2v) is 11.9. The number of esters is 1. The third-order valence-electron chi connectivity index (χ3n) is 9.84. The molecule has 7 atom stereocenters. The average molecular weight is 451 g/mol. The van der Waals surface area contributed by atoms with E-state index in [1.807, 2.05) is 32.3 Å². The summed E-state index contributed by atoms with van der Waals surface area (Å²) < 4.78 is 11.3. The molecular weight excluding hydrogens is 416 g/mol. The molecule has 1 aromatic rings.